The van der Waals surface area contributed by atoms with Crippen LogP contribution in [0.3, 0.4) is 0 Å². The molecule has 6 heteroatoms. The van der Waals surface area contributed by atoms with E-state index in [1.165, 1.54) is 23.5 Å². The number of nitrogens with zero attached hydrogens (tertiary/aromatic N) is 1. The molecular weight excluding hydrogens is 384 g/mol. The van der Waals surface area contributed by atoms with Gasteiger partial charge in [-0.1, -0.05) is 53.6 Å². The standard InChI is InChI=1S/C23H24N2O3S/c1-17-10-12-21(13-11-17)25(3)29(27,28)22-9-5-8-20(15-22)23(26)24-16-19-7-4-6-18(2)14-19/h4-15H,16H2,1-3H3,(H,24,26). The first-order chi connectivity index (χ1) is 13.8. The number of anilines is 1. The highest BCUT2D eigenvalue weighted by Gasteiger charge is 2.22. The number of amides is 1. The zero-order valence-electron chi connectivity index (χ0n) is 16.7. The summed E-state index contributed by atoms with van der Waals surface area (Å²) in [5.41, 5.74) is 4.01. The second-order valence-corrected chi connectivity index (χ2v) is 8.98. The Kier molecular flexibility index (Phi) is 6.03. The number of hydrogen-bond donors (Lipinski definition) is 1. The maximum absolute atomic E-state index is 13.0. The van der Waals surface area contributed by atoms with E-state index in [2.05, 4.69) is 5.32 Å². The fraction of sp³-hybridized carbons (Fsp3) is 0.174. The maximum Gasteiger partial charge on any atom is 0.264 e. The predicted octanol–water partition coefficient (Wildman–Crippen LogP) is 4.06. The topological polar surface area (TPSA) is 66.5 Å². The van der Waals surface area contributed by atoms with Gasteiger partial charge in [0.15, 0.2) is 0 Å². The van der Waals surface area contributed by atoms with Gasteiger partial charge < -0.3 is 5.32 Å². The molecule has 1 N–H and O–H groups in total. The highest BCUT2D eigenvalue weighted by atomic mass is 32.2. The Bertz CT molecular complexity index is 1120. The Labute approximate surface area is 172 Å². The van der Waals surface area contributed by atoms with E-state index >= 15 is 0 Å². The first-order valence-corrected chi connectivity index (χ1v) is 10.7. The Balaban J connectivity index is 1.78. The van der Waals surface area contributed by atoms with Crippen molar-refractivity contribution in [3.8, 4) is 0 Å². The van der Waals surface area contributed by atoms with Gasteiger partial charge in [-0.05, 0) is 49.7 Å². The molecule has 0 aromatic heterocycles. The second kappa shape index (κ2) is 8.49. The highest BCUT2D eigenvalue weighted by Crippen LogP contribution is 2.23. The van der Waals surface area contributed by atoms with Crippen molar-refractivity contribution in [3.63, 3.8) is 0 Å². The fourth-order valence-corrected chi connectivity index (χ4v) is 4.20. The molecule has 5 nitrogen and oxygen atoms in total. The third kappa shape index (κ3) is 4.84. The number of carbonyl (C=O) groups excluding carboxylic acids is 1. The lowest BCUT2D eigenvalue weighted by Crippen LogP contribution is -2.27. The molecule has 0 aliphatic carbocycles. The fourth-order valence-electron chi connectivity index (χ4n) is 2.96. The van der Waals surface area contributed by atoms with E-state index < -0.39 is 10.0 Å². The van der Waals surface area contributed by atoms with Crippen LogP contribution in [0, 0.1) is 13.8 Å². The lowest BCUT2D eigenvalue weighted by Gasteiger charge is -2.20. The van der Waals surface area contributed by atoms with Gasteiger partial charge in [-0.25, -0.2) is 8.42 Å². The van der Waals surface area contributed by atoms with E-state index in [9.17, 15) is 13.2 Å². The van der Waals surface area contributed by atoms with Gasteiger partial charge in [0.2, 0.25) is 0 Å². The van der Waals surface area contributed by atoms with E-state index in [0.717, 1.165) is 16.7 Å². The summed E-state index contributed by atoms with van der Waals surface area (Å²) >= 11 is 0. The minimum absolute atomic E-state index is 0.0729. The van der Waals surface area contributed by atoms with Gasteiger partial charge in [0.25, 0.3) is 15.9 Å². The molecule has 3 aromatic carbocycles. The largest absolute Gasteiger partial charge is 0.348 e. The average Bonchev–Trinajstić information content (AvgIpc) is 2.72. The zero-order chi connectivity index (χ0) is 21.0. The first kappa shape index (κ1) is 20.6. The smallest absolute Gasteiger partial charge is 0.264 e. The van der Waals surface area contributed by atoms with Crippen LogP contribution in [0.1, 0.15) is 27.0 Å². The third-order valence-corrected chi connectivity index (χ3v) is 6.47. The van der Waals surface area contributed by atoms with Crippen LogP contribution in [-0.4, -0.2) is 21.4 Å². The van der Waals surface area contributed by atoms with E-state index in [1.54, 1.807) is 24.3 Å². The molecule has 0 radical (unpaired) electrons. The van der Waals surface area contributed by atoms with Gasteiger partial charge in [0, 0.05) is 19.2 Å². The van der Waals surface area contributed by atoms with Crippen molar-refractivity contribution < 1.29 is 13.2 Å². The van der Waals surface area contributed by atoms with Crippen LogP contribution >= 0.6 is 0 Å². The summed E-state index contributed by atoms with van der Waals surface area (Å²) in [6.45, 7) is 4.31. The minimum Gasteiger partial charge on any atom is -0.348 e. The van der Waals surface area contributed by atoms with Gasteiger partial charge in [-0.15, -0.1) is 0 Å². The van der Waals surface area contributed by atoms with Crippen molar-refractivity contribution in [1.29, 1.82) is 0 Å². The van der Waals surface area contributed by atoms with Crippen LogP contribution < -0.4 is 9.62 Å². The van der Waals surface area contributed by atoms with E-state index in [0.29, 0.717) is 17.8 Å². The van der Waals surface area contributed by atoms with Crippen molar-refractivity contribution in [2.24, 2.45) is 0 Å². The van der Waals surface area contributed by atoms with Gasteiger partial charge >= 0.3 is 0 Å². The van der Waals surface area contributed by atoms with E-state index in [4.69, 9.17) is 0 Å². The molecule has 0 saturated carbocycles. The number of aryl methyl sites for hydroxylation is 2. The molecule has 0 unspecified atom stereocenters. The minimum atomic E-state index is -3.78. The molecule has 3 aromatic rings. The van der Waals surface area contributed by atoms with Crippen LogP contribution in [-0.2, 0) is 16.6 Å². The monoisotopic (exact) mass is 408 g/mol. The molecule has 150 valence electrons. The van der Waals surface area contributed by atoms with Crippen LogP contribution in [0.15, 0.2) is 77.7 Å². The number of hydrogen-bond acceptors (Lipinski definition) is 3. The summed E-state index contributed by atoms with van der Waals surface area (Å²) in [5, 5.41) is 2.84. The summed E-state index contributed by atoms with van der Waals surface area (Å²) in [4.78, 5) is 12.6. The Hall–Kier alpha value is -3.12. The van der Waals surface area contributed by atoms with Gasteiger partial charge in [-0.2, -0.15) is 0 Å². The van der Waals surface area contributed by atoms with Crippen LogP contribution in [0.2, 0.25) is 0 Å². The summed E-state index contributed by atoms with van der Waals surface area (Å²) in [6.07, 6.45) is 0. The molecule has 0 fully saturated rings. The molecule has 0 saturated heterocycles. The highest BCUT2D eigenvalue weighted by molar-refractivity contribution is 7.92. The van der Waals surface area contributed by atoms with Crippen molar-refractivity contribution in [2.75, 3.05) is 11.4 Å². The van der Waals surface area contributed by atoms with E-state index in [1.807, 2.05) is 50.2 Å². The molecule has 0 bridgehead atoms. The molecule has 0 heterocycles. The average molecular weight is 409 g/mol. The van der Waals surface area contributed by atoms with Crippen molar-refractivity contribution in [3.05, 3.63) is 95.1 Å². The number of benzene rings is 3. The lowest BCUT2D eigenvalue weighted by atomic mass is 10.1. The lowest BCUT2D eigenvalue weighted by molar-refractivity contribution is 0.0950. The molecule has 3 rings (SSSR count). The first-order valence-electron chi connectivity index (χ1n) is 9.27. The van der Waals surface area contributed by atoms with Crippen molar-refractivity contribution in [2.45, 2.75) is 25.3 Å². The Morgan fingerprint density at radius 1 is 0.897 bits per heavy atom. The molecule has 0 spiro atoms. The summed E-state index contributed by atoms with van der Waals surface area (Å²) in [5.74, 6) is -0.318. The summed E-state index contributed by atoms with van der Waals surface area (Å²) in [6, 6.07) is 21.2. The molecule has 29 heavy (non-hydrogen) atoms. The van der Waals surface area contributed by atoms with Crippen LogP contribution in [0.4, 0.5) is 5.69 Å². The van der Waals surface area contributed by atoms with Crippen LogP contribution in [0.5, 0.6) is 0 Å². The van der Waals surface area contributed by atoms with Crippen LogP contribution in [0.25, 0.3) is 0 Å². The Morgan fingerprint density at radius 3 is 2.28 bits per heavy atom. The third-order valence-electron chi connectivity index (χ3n) is 4.69. The second-order valence-electron chi connectivity index (χ2n) is 7.01. The zero-order valence-corrected chi connectivity index (χ0v) is 17.5. The Morgan fingerprint density at radius 2 is 1.59 bits per heavy atom. The maximum atomic E-state index is 13.0. The number of rotatable bonds is 6. The molecule has 1 amide bonds. The molecule has 0 aliphatic heterocycles. The van der Waals surface area contributed by atoms with Gasteiger partial charge in [0.05, 0.1) is 10.6 Å². The van der Waals surface area contributed by atoms with Gasteiger partial charge in [0.1, 0.15) is 0 Å². The number of nitrogens with one attached hydrogen (secondary N) is 1. The SMILES string of the molecule is Cc1ccc(N(C)S(=O)(=O)c2cccc(C(=O)NCc3cccc(C)c3)c2)cc1. The number of carbonyl (C=O) groups is 1. The number of sulfonamides is 1. The quantitative estimate of drug-likeness (QED) is 0.669. The molecular formula is C23H24N2O3S. The summed E-state index contributed by atoms with van der Waals surface area (Å²) < 4.78 is 27.2. The van der Waals surface area contributed by atoms with Crippen molar-refractivity contribution in [1.82, 2.24) is 5.32 Å². The van der Waals surface area contributed by atoms with E-state index in [-0.39, 0.29) is 10.8 Å². The molecule has 0 aliphatic rings. The predicted molar refractivity (Wildman–Crippen MR) is 116 cm³/mol. The molecule has 0 atom stereocenters. The van der Waals surface area contributed by atoms with Gasteiger partial charge in [-0.3, -0.25) is 9.10 Å². The summed E-state index contributed by atoms with van der Waals surface area (Å²) in [7, 11) is -2.28. The normalized spacial score (nSPS) is 11.1. The van der Waals surface area contributed by atoms with Crippen molar-refractivity contribution >= 4 is 21.6 Å².